The number of pyridine rings is 1. The van der Waals surface area contributed by atoms with Gasteiger partial charge in [0.2, 0.25) is 4.77 Å². The average molecular weight is 358 g/mol. The third-order valence-corrected chi connectivity index (χ3v) is 5.36. The fourth-order valence-corrected chi connectivity index (χ4v) is 3.74. The molecule has 4 heterocycles. The third kappa shape index (κ3) is 3.26. The summed E-state index contributed by atoms with van der Waals surface area (Å²) in [5, 5.41) is 5.37. The van der Waals surface area contributed by atoms with Crippen LogP contribution in [0.4, 0.5) is 5.69 Å². The Bertz CT molecular complexity index is 831. The van der Waals surface area contributed by atoms with Crippen LogP contribution in [0, 0.1) is 4.77 Å². The Hall–Kier alpha value is -2.03. The molecule has 1 fully saturated rings. The van der Waals surface area contributed by atoms with Crippen molar-refractivity contribution in [3.63, 3.8) is 0 Å². The zero-order chi connectivity index (χ0) is 16.4. The number of thiophene rings is 1. The molecule has 1 saturated heterocycles. The van der Waals surface area contributed by atoms with Gasteiger partial charge in [-0.2, -0.15) is 4.98 Å². The third-order valence-electron chi connectivity index (χ3n) is 4.18. The van der Waals surface area contributed by atoms with Crippen LogP contribution in [-0.4, -0.2) is 50.8 Å². The predicted octanol–water partition coefficient (Wildman–Crippen LogP) is 2.84. The highest BCUT2D eigenvalue weighted by Crippen LogP contribution is 2.21. The van der Waals surface area contributed by atoms with Crippen molar-refractivity contribution >= 4 is 29.2 Å². The lowest BCUT2D eigenvalue weighted by molar-refractivity contribution is 0.194. The molecule has 0 aromatic carbocycles. The minimum absolute atomic E-state index is 0.606. The number of aromatic amines is 1. The predicted molar refractivity (Wildman–Crippen MR) is 98.7 cm³/mol. The molecule has 0 amide bonds. The molecular weight excluding hydrogens is 340 g/mol. The van der Waals surface area contributed by atoms with Gasteiger partial charge in [-0.1, -0.05) is 6.07 Å². The first-order valence-electron chi connectivity index (χ1n) is 7.88. The monoisotopic (exact) mass is 358 g/mol. The topological polar surface area (TPSA) is 53.0 Å². The minimum Gasteiger partial charge on any atom is -0.369 e. The van der Waals surface area contributed by atoms with E-state index in [4.69, 9.17) is 12.2 Å². The molecule has 1 N–H and O–H groups in total. The Morgan fingerprint density at radius 3 is 2.62 bits per heavy atom. The molecule has 24 heavy (non-hydrogen) atoms. The van der Waals surface area contributed by atoms with Crippen molar-refractivity contribution in [2.75, 3.05) is 31.1 Å². The highest BCUT2D eigenvalue weighted by molar-refractivity contribution is 7.71. The zero-order valence-corrected chi connectivity index (χ0v) is 14.8. The summed E-state index contributed by atoms with van der Waals surface area (Å²) in [6.07, 6.45) is 3.69. The Balaban J connectivity index is 1.40. The molecule has 0 aliphatic carbocycles. The normalized spacial score (nSPS) is 15.8. The van der Waals surface area contributed by atoms with Crippen LogP contribution >= 0.6 is 23.6 Å². The zero-order valence-electron chi connectivity index (χ0n) is 13.1. The molecule has 6 nitrogen and oxygen atoms in total. The van der Waals surface area contributed by atoms with E-state index in [-0.39, 0.29) is 0 Å². The quantitative estimate of drug-likeness (QED) is 0.727. The van der Waals surface area contributed by atoms with E-state index in [2.05, 4.69) is 43.1 Å². The Kier molecular flexibility index (Phi) is 4.42. The summed E-state index contributed by atoms with van der Waals surface area (Å²) in [6.45, 7) is 4.75. The highest BCUT2D eigenvalue weighted by Gasteiger charge is 2.18. The molecule has 0 spiro atoms. The largest absolute Gasteiger partial charge is 0.369 e. The van der Waals surface area contributed by atoms with Crippen molar-refractivity contribution in [3.8, 4) is 10.7 Å². The number of nitrogens with one attached hydrogen (secondary N) is 1. The lowest BCUT2D eigenvalue weighted by Crippen LogP contribution is -2.46. The number of piperazine rings is 1. The lowest BCUT2D eigenvalue weighted by Gasteiger charge is -2.35. The summed E-state index contributed by atoms with van der Waals surface area (Å²) in [7, 11) is 0. The van der Waals surface area contributed by atoms with E-state index in [1.54, 1.807) is 11.3 Å². The second kappa shape index (κ2) is 6.84. The van der Waals surface area contributed by atoms with E-state index in [0.29, 0.717) is 4.77 Å². The van der Waals surface area contributed by atoms with Crippen LogP contribution in [0.3, 0.4) is 0 Å². The van der Waals surface area contributed by atoms with Gasteiger partial charge in [-0.15, -0.1) is 11.3 Å². The van der Waals surface area contributed by atoms with Gasteiger partial charge in [0.25, 0.3) is 0 Å². The van der Waals surface area contributed by atoms with E-state index >= 15 is 0 Å². The van der Waals surface area contributed by atoms with Crippen LogP contribution in [0.15, 0.2) is 42.0 Å². The Labute approximate surface area is 149 Å². The summed E-state index contributed by atoms with van der Waals surface area (Å²) in [5.74, 6) is 0.852. The van der Waals surface area contributed by atoms with Crippen molar-refractivity contribution in [3.05, 3.63) is 46.8 Å². The molecule has 124 valence electrons. The molecular formula is C16H18N6S2. The number of hydrogen-bond acceptors (Lipinski definition) is 6. The molecule has 1 aliphatic heterocycles. The maximum Gasteiger partial charge on any atom is 0.217 e. The molecule has 0 atom stereocenters. The molecule has 1 aliphatic rings. The smallest absolute Gasteiger partial charge is 0.217 e. The van der Waals surface area contributed by atoms with Crippen molar-refractivity contribution in [2.24, 2.45) is 0 Å². The first-order valence-corrected chi connectivity index (χ1v) is 9.16. The van der Waals surface area contributed by atoms with Crippen LogP contribution in [-0.2, 0) is 6.67 Å². The van der Waals surface area contributed by atoms with Crippen LogP contribution in [0.1, 0.15) is 0 Å². The number of hydrogen-bond donors (Lipinski definition) is 1. The van der Waals surface area contributed by atoms with Gasteiger partial charge in [-0.3, -0.25) is 15.0 Å². The molecule has 8 heteroatoms. The van der Waals surface area contributed by atoms with Crippen molar-refractivity contribution in [2.45, 2.75) is 6.67 Å². The first-order chi connectivity index (χ1) is 11.8. The molecule has 0 unspecified atom stereocenters. The standard InChI is InChI=1S/C16H18N6S2/c23-16-18-15(14-2-1-11-24-14)19-22(16)12-20-7-9-21(10-8-20)13-3-5-17-6-4-13/h1-6,11H,7-10,12H2,(H,18,19,23). The number of anilines is 1. The highest BCUT2D eigenvalue weighted by atomic mass is 32.1. The van der Waals surface area contributed by atoms with Crippen LogP contribution < -0.4 is 4.90 Å². The maximum absolute atomic E-state index is 5.40. The summed E-state index contributed by atoms with van der Waals surface area (Å²) >= 11 is 7.06. The van der Waals surface area contributed by atoms with E-state index in [1.807, 2.05) is 28.5 Å². The molecule has 0 radical (unpaired) electrons. The van der Waals surface area contributed by atoms with Gasteiger partial charge in [0.1, 0.15) is 0 Å². The molecule has 3 aromatic heterocycles. The molecule has 3 aromatic rings. The minimum atomic E-state index is 0.606. The van der Waals surface area contributed by atoms with E-state index in [9.17, 15) is 0 Å². The van der Waals surface area contributed by atoms with Crippen molar-refractivity contribution in [1.82, 2.24) is 24.6 Å². The second-order valence-electron chi connectivity index (χ2n) is 5.71. The number of rotatable bonds is 4. The van der Waals surface area contributed by atoms with Gasteiger partial charge >= 0.3 is 0 Å². The number of nitrogens with zero attached hydrogens (tertiary/aromatic N) is 5. The van der Waals surface area contributed by atoms with Gasteiger partial charge in [0.05, 0.1) is 11.5 Å². The number of H-pyrrole nitrogens is 1. The van der Waals surface area contributed by atoms with Gasteiger partial charge in [0, 0.05) is 44.3 Å². The number of aromatic nitrogens is 4. The first kappa shape index (κ1) is 15.5. The summed E-state index contributed by atoms with van der Waals surface area (Å²) in [5.41, 5.74) is 1.24. The van der Waals surface area contributed by atoms with Crippen LogP contribution in [0.25, 0.3) is 10.7 Å². The fraction of sp³-hybridized carbons (Fsp3) is 0.312. The molecule has 4 rings (SSSR count). The second-order valence-corrected chi connectivity index (χ2v) is 7.02. The van der Waals surface area contributed by atoms with Crippen LogP contribution in [0.2, 0.25) is 0 Å². The Morgan fingerprint density at radius 2 is 1.92 bits per heavy atom. The maximum atomic E-state index is 5.40. The average Bonchev–Trinajstić information content (AvgIpc) is 3.27. The Morgan fingerprint density at radius 1 is 1.12 bits per heavy atom. The van der Waals surface area contributed by atoms with Gasteiger partial charge in [-0.05, 0) is 35.8 Å². The molecule has 0 bridgehead atoms. The van der Waals surface area contributed by atoms with Crippen molar-refractivity contribution in [1.29, 1.82) is 0 Å². The summed E-state index contributed by atoms with van der Waals surface area (Å²) in [6, 6.07) is 8.20. The molecule has 0 saturated carbocycles. The lowest BCUT2D eigenvalue weighted by atomic mass is 10.3. The van der Waals surface area contributed by atoms with Gasteiger partial charge < -0.3 is 4.90 Å². The van der Waals surface area contributed by atoms with E-state index in [0.717, 1.165) is 43.5 Å². The summed E-state index contributed by atoms with van der Waals surface area (Å²) in [4.78, 5) is 14.4. The summed E-state index contributed by atoms with van der Waals surface area (Å²) < 4.78 is 2.56. The van der Waals surface area contributed by atoms with Crippen LogP contribution in [0.5, 0.6) is 0 Å². The van der Waals surface area contributed by atoms with Crippen molar-refractivity contribution < 1.29 is 0 Å². The van der Waals surface area contributed by atoms with Gasteiger partial charge in [-0.25, -0.2) is 4.68 Å². The van der Waals surface area contributed by atoms with Gasteiger partial charge in [0.15, 0.2) is 5.82 Å². The SMILES string of the molecule is S=c1nc(-c2cccs2)[nH]n1CN1CCN(c2ccncc2)CC1. The van der Waals surface area contributed by atoms with E-state index < -0.39 is 0 Å². The van der Waals surface area contributed by atoms with E-state index in [1.165, 1.54) is 5.69 Å². The fourth-order valence-electron chi connectivity index (χ4n) is 2.88.